The quantitative estimate of drug-likeness (QED) is 0.811. The summed E-state index contributed by atoms with van der Waals surface area (Å²) in [6.07, 6.45) is 3.54. The molecule has 1 N–H and O–H groups in total. The standard InChI is InChI=1S/C10H17N3O2/c1-2-13-6-4-3-5-8(13)10-11-9(7-14)15-12-10/h8,14H,2-7H2,1H3. The number of nitrogens with zero attached hydrogens (tertiary/aromatic N) is 3. The van der Waals surface area contributed by atoms with Crippen LogP contribution in [-0.2, 0) is 6.61 Å². The van der Waals surface area contributed by atoms with Gasteiger partial charge in [0.05, 0.1) is 6.04 Å². The zero-order chi connectivity index (χ0) is 10.7. The fraction of sp³-hybridized carbons (Fsp3) is 0.800. The van der Waals surface area contributed by atoms with Gasteiger partial charge in [0.15, 0.2) is 5.82 Å². The van der Waals surface area contributed by atoms with Crippen LogP contribution in [-0.4, -0.2) is 33.2 Å². The average molecular weight is 211 g/mol. The van der Waals surface area contributed by atoms with E-state index in [1.54, 1.807) is 0 Å². The van der Waals surface area contributed by atoms with E-state index in [4.69, 9.17) is 9.63 Å². The van der Waals surface area contributed by atoms with Crippen molar-refractivity contribution in [3.63, 3.8) is 0 Å². The summed E-state index contributed by atoms with van der Waals surface area (Å²) < 4.78 is 4.92. The van der Waals surface area contributed by atoms with Crippen molar-refractivity contribution in [3.05, 3.63) is 11.7 Å². The Morgan fingerprint density at radius 3 is 3.07 bits per heavy atom. The van der Waals surface area contributed by atoms with E-state index in [2.05, 4.69) is 22.0 Å². The molecule has 1 aromatic heterocycles. The highest BCUT2D eigenvalue weighted by Crippen LogP contribution is 2.28. The molecule has 5 heteroatoms. The van der Waals surface area contributed by atoms with Crippen molar-refractivity contribution in [2.45, 2.75) is 38.8 Å². The molecule has 1 fully saturated rings. The van der Waals surface area contributed by atoms with Gasteiger partial charge in [-0.3, -0.25) is 4.90 Å². The molecular weight excluding hydrogens is 194 g/mol. The van der Waals surface area contributed by atoms with Gasteiger partial charge in [0.25, 0.3) is 5.89 Å². The Labute approximate surface area is 89.1 Å². The maximum Gasteiger partial charge on any atom is 0.252 e. The Morgan fingerprint density at radius 1 is 1.53 bits per heavy atom. The molecule has 1 aliphatic rings. The first kappa shape index (κ1) is 10.6. The summed E-state index contributed by atoms with van der Waals surface area (Å²) in [4.78, 5) is 6.54. The lowest BCUT2D eigenvalue weighted by Gasteiger charge is -2.32. The van der Waals surface area contributed by atoms with Gasteiger partial charge in [0, 0.05) is 0 Å². The molecule has 84 valence electrons. The molecule has 0 radical (unpaired) electrons. The molecule has 2 rings (SSSR count). The van der Waals surface area contributed by atoms with Gasteiger partial charge in [0.1, 0.15) is 6.61 Å². The third-order valence-electron chi connectivity index (χ3n) is 2.94. The molecule has 1 aromatic rings. The second kappa shape index (κ2) is 4.72. The fourth-order valence-electron chi connectivity index (χ4n) is 2.13. The molecule has 1 saturated heterocycles. The van der Waals surface area contributed by atoms with Crippen molar-refractivity contribution in [2.24, 2.45) is 0 Å². The number of aliphatic hydroxyl groups is 1. The molecule has 0 saturated carbocycles. The molecule has 2 heterocycles. The van der Waals surface area contributed by atoms with Gasteiger partial charge in [-0.2, -0.15) is 4.98 Å². The van der Waals surface area contributed by atoms with Crippen LogP contribution in [0.3, 0.4) is 0 Å². The van der Waals surface area contributed by atoms with Crippen LogP contribution in [0.1, 0.15) is 43.9 Å². The lowest BCUT2D eigenvalue weighted by molar-refractivity contribution is 0.147. The van der Waals surface area contributed by atoms with Crippen molar-refractivity contribution in [1.29, 1.82) is 0 Å². The van der Waals surface area contributed by atoms with Crippen LogP contribution >= 0.6 is 0 Å². The summed E-state index contributed by atoms with van der Waals surface area (Å²) in [6.45, 7) is 4.08. The van der Waals surface area contributed by atoms with Gasteiger partial charge in [-0.05, 0) is 25.9 Å². The summed E-state index contributed by atoms with van der Waals surface area (Å²) in [5.74, 6) is 1.03. The van der Waals surface area contributed by atoms with Gasteiger partial charge in [-0.25, -0.2) is 0 Å². The van der Waals surface area contributed by atoms with E-state index in [9.17, 15) is 0 Å². The van der Waals surface area contributed by atoms with Gasteiger partial charge in [-0.15, -0.1) is 0 Å². The van der Waals surface area contributed by atoms with Crippen LogP contribution in [0.25, 0.3) is 0 Å². The summed E-state index contributed by atoms with van der Waals surface area (Å²) in [5.41, 5.74) is 0. The van der Waals surface area contributed by atoms with E-state index in [-0.39, 0.29) is 12.6 Å². The second-order valence-electron chi connectivity index (χ2n) is 3.84. The minimum Gasteiger partial charge on any atom is -0.387 e. The molecule has 1 aliphatic heterocycles. The highest BCUT2D eigenvalue weighted by Gasteiger charge is 2.26. The lowest BCUT2D eigenvalue weighted by atomic mass is 10.0. The van der Waals surface area contributed by atoms with Crippen LogP contribution in [0.4, 0.5) is 0 Å². The van der Waals surface area contributed by atoms with E-state index in [1.165, 1.54) is 12.8 Å². The molecule has 1 unspecified atom stereocenters. The number of piperidine rings is 1. The van der Waals surface area contributed by atoms with Crippen LogP contribution in [0.5, 0.6) is 0 Å². The van der Waals surface area contributed by atoms with Crippen molar-refractivity contribution < 1.29 is 9.63 Å². The van der Waals surface area contributed by atoms with E-state index >= 15 is 0 Å². The summed E-state index contributed by atoms with van der Waals surface area (Å²) in [5, 5.41) is 12.8. The maximum atomic E-state index is 8.86. The van der Waals surface area contributed by atoms with Crippen LogP contribution < -0.4 is 0 Å². The molecule has 0 amide bonds. The first-order valence-corrected chi connectivity index (χ1v) is 5.52. The molecule has 0 bridgehead atoms. The highest BCUT2D eigenvalue weighted by molar-refractivity contribution is 4.96. The molecule has 15 heavy (non-hydrogen) atoms. The topological polar surface area (TPSA) is 62.4 Å². The molecule has 0 aromatic carbocycles. The first-order chi connectivity index (χ1) is 7.35. The number of aromatic nitrogens is 2. The van der Waals surface area contributed by atoms with Crippen LogP contribution in [0.15, 0.2) is 4.52 Å². The largest absolute Gasteiger partial charge is 0.387 e. The minimum atomic E-state index is -0.175. The van der Waals surface area contributed by atoms with Crippen molar-refractivity contribution in [1.82, 2.24) is 15.0 Å². The Morgan fingerprint density at radius 2 is 2.40 bits per heavy atom. The zero-order valence-corrected chi connectivity index (χ0v) is 9.02. The highest BCUT2D eigenvalue weighted by atomic mass is 16.5. The third kappa shape index (κ3) is 2.18. The van der Waals surface area contributed by atoms with Gasteiger partial charge >= 0.3 is 0 Å². The number of hydrogen-bond donors (Lipinski definition) is 1. The van der Waals surface area contributed by atoms with Gasteiger partial charge < -0.3 is 9.63 Å². The van der Waals surface area contributed by atoms with Crippen molar-refractivity contribution >= 4 is 0 Å². The van der Waals surface area contributed by atoms with Gasteiger partial charge in [-0.1, -0.05) is 18.5 Å². The predicted molar refractivity (Wildman–Crippen MR) is 54.1 cm³/mol. The summed E-state index contributed by atoms with van der Waals surface area (Å²) >= 11 is 0. The smallest absolute Gasteiger partial charge is 0.252 e. The van der Waals surface area contributed by atoms with Crippen LogP contribution in [0.2, 0.25) is 0 Å². The van der Waals surface area contributed by atoms with E-state index in [0.29, 0.717) is 5.89 Å². The van der Waals surface area contributed by atoms with Crippen LogP contribution in [0, 0.1) is 0 Å². The zero-order valence-electron chi connectivity index (χ0n) is 9.02. The number of aliphatic hydroxyl groups excluding tert-OH is 1. The Kier molecular flexibility index (Phi) is 3.33. The summed E-state index contributed by atoms with van der Waals surface area (Å²) in [6, 6.07) is 0.271. The second-order valence-corrected chi connectivity index (χ2v) is 3.84. The Bertz CT molecular complexity index is 313. The van der Waals surface area contributed by atoms with Crippen molar-refractivity contribution in [2.75, 3.05) is 13.1 Å². The molecule has 0 spiro atoms. The SMILES string of the molecule is CCN1CCCCC1c1noc(CO)n1. The molecular formula is C10H17N3O2. The average Bonchev–Trinajstić information content (AvgIpc) is 2.77. The minimum absolute atomic E-state index is 0.175. The Hall–Kier alpha value is -0.940. The predicted octanol–water partition coefficient (Wildman–Crippen LogP) is 1.11. The number of hydrogen-bond acceptors (Lipinski definition) is 5. The van der Waals surface area contributed by atoms with E-state index in [0.717, 1.165) is 25.3 Å². The lowest BCUT2D eigenvalue weighted by Crippen LogP contribution is -2.33. The molecule has 0 aliphatic carbocycles. The maximum absolute atomic E-state index is 8.86. The molecule has 1 atom stereocenters. The third-order valence-corrected chi connectivity index (χ3v) is 2.94. The normalized spacial score (nSPS) is 23.2. The van der Waals surface area contributed by atoms with Crippen molar-refractivity contribution in [3.8, 4) is 0 Å². The number of rotatable bonds is 3. The monoisotopic (exact) mass is 211 g/mol. The Balaban J connectivity index is 2.12. The molecule has 5 nitrogen and oxygen atoms in total. The summed E-state index contributed by atoms with van der Waals surface area (Å²) in [7, 11) is 0. The van der Waals surface area contributed by atoms with E-state index < -0.39 is 0 Å². The first-order valence-electron chi connectivity index (χ1n) is 5.52. The fourth-order valence-corrected chi connectivity index (χ4v) is 2.13. The van der Waals surface area contributed by atoms with E-state index in [1.807, 2.05) is 0 Å². The number of likely N-dealkylation sites (tertiary alicyclic amines) is 1. The van der Waals surface area contributed by atoms with Gasteiger partial charge in [0.2, 0.25) is 0 Å².